The van der Waals surface area contributed by atoms with Crippen molar-refractivity contribution >= 4 is 11.4 Å². The number of hydrogen-bond acceptors (Lipinski definition) is 3. The minimum absolute atomic E-state index is 0. The molecule has 2 unspecified atom stereocenters. The van der Waals surface area contributed by atoms with Crippen LogP contribution in [0.15, 0.2) is 73.5 Å². The van der Waals surface area contributed by atoms with Gasteiger partial charge in [-0.25, -0.2) is 4.98 Å². The van der Waals surface area contributed by atoms with Crippen LogP contribution in [0.1, 0.15) is 30.2 Å². The van der Waals surface area contributed by atoms with E-state index in [-0.39, 0.29) is 7.21 Å². The molecule has 2 aromatic heterocycles. The molecule has 0 aliphatic heterocycles. The zero-order chi connectivity index (χ0) is 16.9. The first-order chi connectivity index (χ1) is 11.7. The lowest BCUT2D eigenvalue weighted by Crippen LogP contribution is -2.18. The van der Waals surface area contributed by atoms with Crippen molar-refractivity contribution in [3.05, 3.63) is 90.6 Å². The number of aromatic nitrogens is 2. The van der Waals surface area contributed by atoms with Gasteiger partial charge in [0.25, 0.3) is 0 Å². The summed E-state index contributed by atoms with van der Waals surface area (Å²) in [4.78, 5) is 20.7. The molecular weight excluding hydrogens is 296 g/mol. The molecule has 2 heterocycles. The minimum atomic E-state index is -0.141. The molecule has 24 heavy (non-hydrogen) atoms. The van der Waals surface area contributed by atoms with Crippen LogP contribution in [0, 0.1) is 11.8 Å². The number of nitrogens with zero attached hydrogens (tertiary/aromatic N) is 2. The predicted molar refractivity (Wildman–Crippen MR) is 98.6 cm³/mol. The first kappa shape index (κ1) is 16.1. The fourth-order valence-corrected chi connectivity index (χ4v) is 3.02. The van der Waals surface area contributed by atoms with Gasteiger partial charge in [-0.1, -0.05) is 43.9 Å². The van der Waals surface area contributed by atoms with Crippen molar-refractivity contribution in [2.24, 2.45) is 11.8 Å². The number of hydrogen-bond donors (Lipinski definition) is 0. The molecule has 0 saturated carbocycles. The first-order valence-corrected chi connectivity index (χ1v) is 8.11. The smallest absolute Gasteiger partial charge is 0.203 e. The molecule has 0 N–H and O–H groups in total. The molecule has 2 atom stereocenters. The fourth-order valence-electron chi connectivity index (χ4n) is 3.02. The summed E-state index contributed by atoms with van der Waals surface area (Å²) < 4.78 is 0. The van der Waals surface area contributed by atoms with Crippen LogP contribution in [0.2, 0.25) is 0 Å². The molecule has 2 aromatic rings. The lowest BCUT2D eigenvalue weighted by Gasteiger charge is -2.26. The van der Waals surface area contributed by atoms with Crippen LogP contribution >= 0.6 is 0 Å². The van der Waals surface area contributed by atoms with Gasteiger partial charge in [-0.3, -0.25) is 9.78 Å². The summed E-state index contributed by atoms with van der Waals surface area (Å²) >= 11 is 0. The van der Waals surface area contributed by atoms with E-state index in [9.17, 15) is 4.79 Å². The Morgan fingerprint density at radius 1 is 1.29 bits per heavy atom. The number of ketones is 1. The molecule has 122 valence electrons. The summed E-state index contributed by atoms with van der Waals surface area (Å²) in [6.45, 7) is 5.74. The summed E-state index contributed by atoms with van der Waals surface area (Å²) in [6.07, 6.45) is 10.3. The summed E-state index contributed by atoms with van der Waals surface area (Å²) in [5.41, 5.74) is 3.63. The Bertz CT molecular complexity index is 812. The minimum Gasteiger partial charge on any atom is -0.288 e. The van der Waals surface area contributed by atoms with Crippen LogP contribution in [0.5, 0.6) is 0 Å². The van der Waals surface area contributed by atoms with Crippen LogP contribution in [0.3, 0.4) is 0 Å². The Labute approximate surface area is 144 Å². The standard InChI is InChI=1S/C21H20N2O.H2/c1-3-21(24)20-12-7-9-17(23-20)14-16-8-6-10-18(15(16)2)19-11-4-5-13-22-19;/h3-13,15-16H,1,14H2,2H3;1H. The van der Waals surface area contributed by atoms with Crippen LogP contribution in [-0.4, -0.2) is 15.8 Å². The normalized spacial score (nSPS) is 19.6. The largest absolute Gasteiger partial charge is 0.288 e. The molecule has 0 bridgehead atoms. The highest BCUT2D eigenvalue weighted by Gasteiger charge is 2.23. The molecule has 3 rings (SSSR count). The van der Waals surface area contributed by atoms with Crippen LogP contribution in [-0.2, 0) is 6.42 Å². The van der Waals surface area contributed by atoms with Gasteiger partial charge in [0.2, 0.25) is 5.78 Å². The SMILES string of the molecule is C=CC(=O)c1cccc(CC2C=CC=C(c3ccccn3)C2C)n1.[HH]. The average molecular weight is 318 g/mol. The molecule has 0 saturated heterocycles. The van der Waals surface area contributed by atoms with E-state index >= 15 is 0 Å². The monoisotopic (exact) mass is 318 g/mol. The highest BCUT2D eigenvalue weighted by molar-refractivity contribution is 6.02. The zero-order valence-electron chi connectivity index (χ0n) is 13.7. The van der Waals surface area contributed by atoms with Crippen molar-refractivity contribution in [1.29, 1.82) is 0 Å². The van der Waals surface area contributed by atoms with E-state index < -0.39 is 0 Å². The number of allylic oxidation sites excluding steroid dienone is 5. The third-order valence-electron chi connectivity index (χ3n) is 4.42. The molecule has 0 radical (unpaired) electrons. The van der Waals surface area contributed by atoms with E-state index in [2.05, 4.69) is 41.7 Å². The number of rotatable bonds is 5. The Morgan fingerprint density at radius 2 is 2.17 bits per heavy atom. The van der Waals surface area contributed by atoms with E-state index in [1.807, 2.05) is 36.5 Å². The molecule has 3 nitrogen and oxygen atoms in total. The van der Waals surface area contributed by atoms with Crippen molar-refractivity contribution in [3.63, 3.8) is 0 Å². The quantitative estimate of drug-likeness (QED) is 0.600. The maximum absolute atomic E-state index is 11.7. The van der Waals surface area contributed by atoms with Gasteiger partial charge in [0.1, 0.15) is 5.69 Å². The van der Waals surface area contributed by atoms with E-state index in [4.69, 9.17) is 0 Å². The van der Waals surface area contributed by atoms with Crippen molar-refractivity contribution in [2.45, 2.75) is 13.3 Å². The van der Waals surface area contributed by atoms with Crippen LogP contribution in [0.25, 0.3) is 5.57 Å². The Morgan fingerprint density at radius 3 is 2.92 bits per heavy atom. The maximum Gasteiger partial charge on any atom is 0.203 e. The summed E-state index contributed by atoms with van der Waals surface area (Å²) in [5, 5.41) is 0. The molecule has 1 aliphatic rings. The average Bonchev–Trinajstić information content (AvgIpc) is 2.64. The molecule has 0 spiro atoms. The maximum atomic E-state index is 11.7. The van der Waals surface area contributed by atoms with Crippen molar-refractivity contribution < 1.29 is 6.22 Å². The predicted octanol–water partition coefficient (Wildman–Crippen LogP) is 4.54. The summed E-state index contributed by atoms with van der Waals surface area (Å²) in [5.74, 6) is 0.525. The number of pyridine rings is 2. The van der Waals surface area contributed by atoms with Gasteiger partial charge >= 0.3 is 0 Å². The molecule has 0 fully saturated rings. The molecule has 0 amide bonds. The highest BCUT2D eigenvalue weighted by Crippen LogP contribution is 2.33. The van der Waals surface area contributed by atoms with Gasteiger partial charge in [-0.15, -0.1) is 0 Å². The van der Waals surface area contributed by atoms with Crippen molar-refractivity contribution in [2.75, 3.05) is 0 Å². The van der Waals surface area contributed by atoms with E-state index in [0.29, 0.717) is 17.5 Å². The first-order valence-electron chi connectivity index (χ1n) is 8.11. The lowest BCUT2D eigenvalue weighted by molar-refractivity contribution is 0.104. The van der Waals surface area contributed by atoms with E-state index in [0.717, 1.165) is 17.8 Å². The lowest BCUT2D eigenvalue weighted by atomic mass is 9.79. The Balaban J connectivity index is 0.00000225. The van der Waals surface area contributed by atoms with Gasteiger partial charge in [-0.2, -0.15) is 0 Å². The van der Waals surface area contributed by atoms with Crippen LogP contribution < -0.4 is 0 Å². The molecule has 3 heteroatoms. The van der Waals surface area contributed by atoms with Gasteiger partial charge in [0.05, 0.1) is 5.69 Å². The van der Waals surface area contributed by atoms with Gasteiger partial charge in [0, 0.05) is 13.3 Å². The van der Waals surface area contributed by atoms with E-state index in [1.54, 1.807) is 6.07 Å². The molecule has 0 aromatic carbocycles. The van der Waals surface area contributed by atoms with E-state index in [1.165, 1.54) is 11.6 Å². The van der Waals surface area contributed by atoms with Crippen molar-refractivity contribution in [1.82, 2.24) is 9.97 Å². The summed E-state index contributed by atoms with van der Waals surface area (Å²) in [6, 6.07) is 11.6. The van der Waals surface area contributed by atoms with Gasteiger partial charge in [-0.05, 0) is 54.2 Å². The van der Waals surface area contributed by atoms with Gasteiger partial charge in [0.15, 0.2) is 0 Å². The number of carbonyl (C=O) groups excluding carboxylic acids is 1. The van der Waals surface area contributed by atoms with Gasteiger partial charge < -0.3 is 0 Å². The second kappa shape index (κ2) is 7.18. The zero-order valence-corrected chi connectivity index (χ0v) is 13.7. The summed E-state index contributed by atoms with van der Waals surface area (Å²) in [7, 11) is 0. The Hall–Kier alpha value is -2.81. The highest BCUT2D eigenvalue weighted by atomic mass is 16.1. The third kappa shape index (κ3) is 3.40. The second-order valence-corrected chi connectivity index (χ2v) is 5.96. The molecule has 1 aliphatic carbocycles. The van der Waals surface area contributed by atoms with Crippen molar-refractivity contribution in [3.8, 4) is 0 Å². The third-order valence-corrected chi connectivity index (χ3v) is 4.42. The fraction of sp³-hybridized carbons (Fsp3) is 0.190. The second-order valence-electron chi connectivity index (χ2n) is 5.96. The topological polar surface area (TPSA) is 42.9 Å². The van der Waals surface area contributed by atoms with Crippen LogP contribution in [0.4, 0.5) is 0 Å². The molecular formula is C21H22N2O. The number of carbonyl (C=O) groups is 1. The Kier molecular flexibility index (Phi) is 4.80.